The van der Waals surface area contributed by atoms with Crippen LogP contribution in [0.15, 0.2) is 0 Å². The maximum Gasteiger partial charge on any atom is 0.0234 e. The Kier molecular flexibility index (Phi) is 10.6. The predicted molar refractivity (Wildman–Crippen MR) is 55.2 cm³/mol. The lowest BCUT2D eigenvalue weighted by Gasteiger charge is -2.21. The molecule has 0 aliphatic rings. The van der Waals surface area contributed by atoms with Gasteiger partial charge in [0.2, 0.25) is 0 Å². The first kappa shape index (κ1) is 13.4. The van der Waals surface area contributed by atoms with Crippen LogP contribution in [0.5, 0.6) is 0 Å². The van der Waals surface area contributed by atoms with Crippen molar-refractivity contribution in [2.75, 3.05) is 27.2 Å². The van der Waals surface area contributed by atoms with Crippen LogP contribution in [-0.2, 0) is 0 Å². The van der Waals surface area contributed by atoms with Crippen molar-refractivity contribution in [2.45, 2.75) is 13.8 Å². The molecule has 0 aromatic carbocycles. The number of hydrogen-bond donors (Lipinski definition) is 0. The minimum atomic E-state index is 0. The molecule has 0 N–H and O–H groups in total. The highest BCUT2D eigenvalue weighted by atomic mass is 79.9. The van der Waals surface area contributed by atoms with Gasteiger partial charge in [-0.1, -0.05) is 13.8 Å². The highest BCUT2D eigenvalue weighted by Gasteiger charge is 1.97. The molecule has 0 radical (unpaired) electrons. The molecule has 0 heterocycles. The zero-order chi connectivity index (χ0) is 7.28. The fourth-order valence-electron chi connectivity index (χ4n) is 0.648. The van der Waals surface area contributed by atoms with E-state index in [1.54, 1.807) is 0 Å². The second-order valence-electron chi connectivity index (χ2n) is 2.17. The minimum Gasteiger partial charge on any atom is -0.279 e. The van der Waals surface area contributed by atoms with E-state index in [4.69, 9.17) is 0 Å². The van der Waals surface area contributed by atoms with Crippen LogP contribution in [0.4, 0.5) is 0 Å². The van der Waals surface area contributed by atoms with Gasteiger partial charge in [-0.05, 0) is 14.1 Å². The molecule has 0 aliphatic heterocycles. The molecular formula is C6H18BrN2P. The molecule has 1 unspecified atom stereocenters. The molecule has 0 spiro atoms. The lowest BCUT2D eigenvalue weighted by molar-refractivity contribution is 0.483. The number of rotatable bonds is 4. The van der Waals surface area contributed by atoms with Crippen LogP contribution in [0, 0.1) is 0 Å². The van der Waals surface area contributed by atoms with Crippen molar-refractivity contribution in [3.63, 3.8) is 0 Å². The van der Waals surface area contributed by atoms with E-state index in [1.165, 1.54) is 0 Å². The Balaban J connectivity index is 0. The van der Waals surface area contributed by atoms with Crippen molar-refractivity contribution in [3.8, 4) is 0 Å². The maximum atomic E-state index is 2.40. The molecule has 0 aromatic rings. The average molecular weight is 229 g/mol. The Hall–Kier alpha value is 0.830. The van der Waals surface area contributed by atoms with E-state index in [-0.39, 0.29) is 17.0 Å². The van der Waals surface area contributed by atoms with E-state index in [1.807, 2.05) is 0 Å². The second kappa shape index (κ2) is 7.93. The van der Waals surface area contributed by atoms with E-state index in [2.05, 4.69) is 37.3 Å². The molecule has 10 heavy (non-hydrogen) atoms. The highest BCUT2D eigenvalue weighted by Crippen LogP contribution is 2.17. The van der Waals surface area contributed by atoms with Gasteiger partial charge in [-0.15, -0.1) is 17.0 Å². The fraction of sp³-hybridized carbons (Fsp3) is 1.00. The quantitative estimate of drug-likeness (QED) is 0.680. The fourth-order valence-corrected chi connectivity index (χ4v) is 1.50. The summed E-state index contributed by atoms with van der Waals surface area (Å²) >= 11 is 0. The molecule has 2 nitrogen and oxygen atoms in total. The molecule has 0 fully saturated rings. The summed E-state index contributed by atoms with van der Waals surface area (Å²) in [7, 11) is 5.06. The summed E-state index contributed by atoms with van der Waals surface area (Å²) in [5.41, 5.74) is 0. The summed E-state index contributed by atoms with van der Waals surface area (Å²) in [5, 5.41) is 0. The van der Waals surface area contributed by atoms with Gasteiger partial charge in [-0.2, -0.15) is 0 Å². The van der Waals surface area contributed by atoms with Crippen molar-refractivity contribution >= 4 is 25.9 Å². The number of nitrogens with zero attached hydrogens (tertiary/aromatic N) is 2. The maximum absolute atomic E-state index is 2.40. The molecule has 1 atom stereocenters. The monoisotopic (exact) mass is 228 g/mol. The second-order valence-corrected chi connectivity index (χ2v) is 3.89. The summed E-state index contributed by atoms with van der Waals surface area (Å²) in [6, 6.07) is 0. The smallest absolute Gasteiger partial charge is 0.0234 e. The lowest BCUT2D eigenvalue weighted by Crippen LogP contribution is -2.17. The lowest BCUT2D eigenvalue weighted by atomic mass is 10.7. The van der Waals surface area contributed by atoms with Gasteiger partial charge in [-0.25, -0.2) is 0 Å². The summed E-state index contributed by atoms with van der Waals surface area (Å²) in [4.78, 5) is 0. The van der Waals surface area contributed by atoms with Crippen molar-refractivity contribution in [2.24, 2.45) is 0 Å². The van der Waals surface area contributed by atoms with Crippen molar-refractivity contribution in [1.82, 2.24) is 9.34 Å². The third kappa shape index (κ3) is 6.94. The molecule has 0 saturated carbocycles. The molecule has 64 valence electrons. The highest BCUT2D eigenvalue weighted by molar-refractivity contribution is 8.93. The van der Waals surface area contributed by atoms with Gasteiger partial charge in [0.25, 0.3) is 0 Å². The van der Waals surface area contributed by atoms with E-state index >= 15 is 0 Å². The molecule has 4 heteroatoms. The van der Waals surface area contributed by atoms with Gasteiger partial charge >= 0.3 is 0 Å². The third-order valence-corrected chi connectivity index (χ3v) is 2.42. The molecule has 0 saturated heterocycles. The average Bonchev–Trinajstić information content (AvgIpc) is 1.82. The molecule has 0 aromatic heterocycles. The van der Waals surface area contributed by atoms with Crippen LogP contribution in [0.1, 0.15) is 13.8 Å². The van der Waals surface area contributed by atoms with Crippen molar-refractivity contribution in [3.05, 3.63) is 0 Å². The first-order valence-electron chi connectivity index (χ1n) is 3.39. The Morgan fingerprint density at radius 1 is 1.10 bits per heavy atom. The van der Waals surface area contributed by atoms with Gasteiger partial charge in [0.1, 0.15) is 0 Å². The van der Waals surface area contributed by atoms with Crippen molar-refractivity contribution in [1.29, 1.82) is 0 Å². The molecule has 0 rings (SSSR count). The molecular weight excluding hydrogens is 211 g/mol. The van der Waals surface area contributed by atoms with Crippen LogP contribution >= 0.6 is 25.9 Å². The first-order chi connectivity index (χ1) is 4.20. The Bertz CT molecular complexity index is 66.8. The zero-order valence-corrected chi connectivity index (χ0v) is 9.93. The van der Waals surface area contributed by atoms with Crippen LogP contribution in [0.2, 0.25) is 0 Å². The van der Waals surface area contributed by atoms with Crippen LogP contribution in [0.3, 0.4) is 0 Å². The largest absolute Gasteiger partial charge is 0.279 e. The summed E-state index contributed by atoms with van der Waals surface area (Å²) < 4.78 is 4.62. The van der Waals surface area contributed by atoms with Gasteiger partial charge in [0.05, 0.1) is 0 Å². The Labute approximate surface area is 76.6 Å². The van der Waals surface area contributed by atoms with Gasteiger partial charge < -0.3 is 0 Å². The van der Waals surface area contributed by atoms with E-state index in [0.717, 1.165) is 22.0 Å². The van der Waals surface area contributed by atoms with Gasteiger partial charge in [0, 0.05) is 22.0 Å². The molecule has 0 bridgehead atoms. The third-order valence-electron chi connectivity index (χ3n) is 1.10. The van der Waals surface area contributed by atoms with E-state index in [9.17, 15) is 0 Å². The van der Waals surface area contributed by atoms with E-state index < -0.39 is 0 Å². The Morgan fingerprint density at radius 3 is 1.60 bits per heavy atom. The zero-order valence-electron chi connectivity index (χ0n) is 7.22. The number of hydrogen-bond acceptors (Lipinski definition) is 2. The standard InChI is InChI=1S/C6H17N2P.BrH/c1-5-8(6-2)9-7(3)4;/h9H,5-6H2,1-4H3;1H. The van der Waals surface area contributed by atoms with Crippen LogP contribution in [0.25, 0.3) is 0 Å². The Morgan fingerprint density at radius 2 is 1.50 bits per heavy atom. The SMILES string of the molecule is Br.CCN(CC)PN(C)C. The summed E-state index contributed by atoms with van der Waals surface area (Å²) in [6.45, 7) is 6.71. The molecule has 0 amide bonds. The van der Waals surface area contributed by atoms with Gasteiger partial charge in [0.15, 0.2) is 0 Å². The van der Waals surface area contributed by atoms with Gasteiger partial charge in [-0.3, -0.25) is 9.34 Å². The van der Waals surface area contributed by atoms with Crippen molar-refractivity contribution < 1.29 is 0 Å². The van der Waals surface area contributed by atoms with Crippen LogP contribution in [-0.4, -0.2) is 36.5 Å². The molecule has 0 aliphatic carbocycles. The predicted octanol–water partition coefficient (Wildman–Crippen LogP) is 1.98. The topological polar surface area (TPSA) is 6.48 Å². The van der Waals surface area contributed by atoms with E-state index in [0.29, 0.717) is 0 Å². The first-order valence-corrected chi connectivity index (χ1v) is 4.28. The van der Waals surface area contributed by atoms with Crippen LogP contribution < -0.4 is 0 Å². The summed E-state index contributed by atoms with van der Waals surface area (Å²) in [6.07, 6.45) is 0. The number of halogens is 1. The normalized spacial score (nSPS) is 11.4. The minimum absolute atomic E-state index is 0. The summed E-state index contributed by atoms with van der Waals surface area (Å²) in [5.74, 6) is 0.